The van der Waals surface area contributed by atoms with E-state index in [0.29, 0.717) is 0 Å². The van der Waals surface area contributed by atoms with Crippen LogP contribution in [-0.2, 0) is 11.2 Å². The molecule has 1 aliphatic rings. The second-order valence-corrected chi connectivity index (χ2v) is 4.39. The zero-order valence-electron chi connectivity index (χ0n) is 9.96. The summed E-state index contributed by atoms with van der Waals surface area (Å²) in [5, 5.41) is 3.13. The first-order valence-electron chi connectivity index (χ1n) is 6.08. The largest absolute Gasteiger partial charge is 0.522 e. The monoisotopic (exact) mass is 259 g/mol. The molecule has 0 aliphatic heterocycles. The van der Waals surface area contributed by atoms with E-state index in [4.69, 9.17) is 0 Å². The highest BCUT2D eigenvalue weighted by molar-refractivity contribution is 5.32. The van der Waals surface area contributed by atoms with Gasteiger partial charge in [0, 0.05) is 12.6 Å². The van der Waals surface area contributed by atoms with Crippen molar-refractivity contribution in [3.05, 3.63) is 35.4 Å². The van der Waals surface area contributed by atoms with Gasteiger partial charge in [0.2, 0.25) is 0 Å². The lowest BCUT2D eigenvalue weighted by atomic mass is 9.88. The van der Waals surface area contributed by atoms with Gasteiger partial charge in [-0.05, 0) is 30.4 Å². The average molecular weight is 259 g/mol. The molecule has 1 atom stereocenters. The molecule has 1 aromatic carbocycles. The first kappa shape index (κ1) is 13.4. The van der Waals surface area contributed by atoms with Gasteiger partial charge in [0.1, 0.15) is 0 Å². The fourth-order valence-electron chi connectivity index (χ4n) is 2.37. The molecule has 0 saturated carbocycles. The highest BCUT2D eigenvalue weighted by Gasteiger charge is 2.28. The highest BCUT2D eigenvalue weighted by atomic mass is 19.4. The summed E-state index contributed by atoms with van der Waals surface area (Å²) in [7, 11) is 0. The second kappa shape index (κ2) is 5.71. The Labute approximate surface area is 104 Å². The molecule has 0 heterocycles. The van der Waals surface area contributed by atoms with Gasteiger partial charge in [-0.25, -0.2) is 0 Å². The van der Waals surface area contributed by atoms with Crippen molar-refractivity contribution in [3.8, 4) is 0 Å². The summed E-state index contributed by atoms with van der Waals surface area (Å²) in [5.41, 5.74) is 2.49. The zero-order valence-corrected chi connectivity index (χ0v) is 9.96. The van der Waals surface area contributed by atoms with Crippen LogP contribution in [-0.4, -0.2) is 19.5 Å². The van der Waals surface area contributed by atoms with Crippen molar-refractivity contribution in [2.75, 3.05) is 13.2 Å². The summed E-state index contributed by atoms with van der Waals surface area (Å²) >= 11 is 0. The number of aryl methyl sites for hydroxylation is 1. The molecule has 0 aromatic heterocycles. The average Bonchev–Trinajstić information content (AvgIpc) is 2.33. The van der Waals surface area contributed by atoms with E-state index in [-0.39, 0.29) is 19.2 Å². The predicted octanol–water partition coefficient (Wildman–Crippen LogP) is 3.19. The maximum Gasteiger partial charge on any atom is 0.522 e. The molecule has 1 N–H and O–H groups in total. The fourth-order valence-corrected chi connectivity index (χ4v) is 2.37. The van der Waals surface area contributed by atoms with E-state index in [1.54, 1.807) is 0 Å². The van der Waals surface area contributed by atoms with Gasteiger partial charge in [-0.1, -0.05) is 24.3 Å². The Hall–Kier alpha value is -1.07. The lowest BCUT2D eigenvalue weighted by molar-refractivity contribution is -0.323. The molecule has 100 valence electrons. The molecule has 0 fully saturated rings. The number of hydrogen-bond acceptors (Lipinski definition) is 2. The summed E-state index contributed by atoms with van der Waals surface area (Å²) in [6, 6.07) is 8.22. The van der Waals surface area contributed by atoms with Gasteiger partial charge in [-0.2, -0.15) is 0 Å². The van der Waals surface area contributed by atoms with E-state index in [1.165, 1.54) is 11.1 Å². The number of nitrogens with one attached hydrogen (secondary N) is 1. The molecule has 0 saturated heterocycles. The van der Waals surface area contributed by atoms with E-state index in [2.05, 4.69) is 16.1 Å². The van der Waals surface area contributed by atoms with Crippen LogP contribution in [0.5, 0.6) is 0 Å². The van der Waals surface area contributed by atoms with E-state index < -0.39 is 6.36 Å². The Morgan fingerprint density at radius 2 is 2.06 bits per heavy atom. The molecule has 0 radical (unpaired) electrons. The van der Waals surface area contributed by atoms with Gasteiger partial charge in [0.05, 0.1) is 6.61 Å². The van der Waals surface area contributed by atoms with Gasteiger partial charge < -0.3 is 5.32 Å². The van der Waals surface area contributed by atoms with Crippen molar-refractivity contribution in [1.29, 1.82) is 0 Å². The van der Waals surface area contributed by atoms with Crippen LogP contribution in [0, 0.1) is 0 Å². The number of hydrogen-bond donors (Lipinski definition) is 1. The zero-order chi connectivity index (χ0) is 13.0. The maximum atomic E-state index is 11.8. The minimum absolute atomic E-state index is 0.145. The fraction of sp³-hybridized carbons (Fsp3) is 0.538. The summed E-state index contributed by atoms with van der Waals surface area (Å²) in [4.78, 5) is 0. The topological polar surface area (TPSA) is 21.3 Å². The van der Waals surface area contributed by atoms with Crippen LogP contribution in [0.4, 0.5) is 13.2 Å². The van der Waals surface area contributed by atoms with Crippen LogP contribution in [0.2, 0.25) is 0 Å². The number of benzene rings is 1. The minimum atomic E-state index is -4.54. The molecule has 18 heavy (non-hydrogen) atoms. The van der Waals surface area contributed by atoms with Crippen LogP contribution >= 0.6 is 0 Å². The van der Waals surface area contributed by atoms with Crippen LogP contribution in [0.3, 0.4) is 0 Å². The van der Waals surface area contributed by atoms with Gasteiger partial charge >= 0.3 is 6.36 Å². The molecule has 2 nitrogen and oxygen atoms in total. The SMILES string of the molecule is FC(F)(F)OCCNC1CCCc2ccccc21. The number of rotatable bonds is 4. The summed E-state index contributed by atoms with van der Waals surface area (Å²) < 4.78 is 39.2. The second-order valence-electron chi connectivity index (χ2n) is 4.39. The molecular formula is C13H16F3NO. The lowest BCUT2D eigenvalue weighted by Crippen LogP contribution is -2.30. The molecule has 0 spiro atoms. The van der Waals surface area contributed by atoms with Crippen molar-refractivity contribution in [2.45, 2.75) is 31.7 Å². The van der Waals surface area contributed by atoms with E-state index in [1.807, 2.05) is 18.2 Å². The van der Waals surface area contributed by atoms with Gasteiger partial charge in [-0.3, -0.25) is 4.74 Å². The van der Waals surface area contributed by atoms with Gasteiger partial charge in [-0.15, -0.1) is 13.2 Å². The molecular weight excluding hydrogens is 243 g/mol. The molecule has 2 rings (SSSR count). The van der Waals surface area contributed by atoms with Crippen LogP contribution < -0.4 is 5.32 Å². The minimum Gasteiger partial charge on any atom is -0.308 e. The Morgan fingerprint density at radius 3 is 2.83 bits per heavy atom. The Morgan fingerprint density at radius 1 is 1.28 bits per heavy atom. The van der Waals surface area contributed by atoms with E-state index in [9.17, 15) is 13.2 Å². The number of ether oxygens (including phenoxy) is 1. The standard InChI is InChI=1S/C13H16F3NO/c14-13(15,16)18-9-8-17-12-7-3-5-10-4-1-2-6-11(10)12/h1-2,4,6,12,17H,3,5,7-9H2. The quantitative estimate of drug-likeness (QED) is 0.838. The van der Waals surface area contributed by atoms with Crippen molar-refractivity contribution in [1.82, 2.24) is 5.32 Å². The Bertz CT molecular complexity index is 392. The number of fused-ring (bicyclic) bond motifs is 1. The lowest BCUT2D eigenvalue weighted by Gasteiger charge is -2.26. The van der Waals surface area contributed by atoms with Crippen molar-refractivity contribution >= 4 is 0 Å². The molecule has 0 amide bonds. The third kappa shape index (κ3) is 3.71. The van der Waals surface area contributed by atoms with E-state index in [0.717, 1.165) is 19.3 Å². The first-order chi connectivity index (χ1) is 8.56. The number of halogens is 3. The maximum absolute atomic E-state index is 11.8. The van der Waals surface area contributed by atoms with Crippen molar-refractivity contribution < 1.29 is 17.9 Å². The van der Waals surface area contributed by atoms with E-state index >= 15 is 0 Å². The third-order valence-corrected chi connectivity index (χ3v) is 3.13. The van der Waals surface area contributed by atoms with Crippen LogP contribution in [0.1, 0.15) is 30.0 Å². The Kier molecular flexibility index (Phi) is 4.24. The molecule has 0 bridgehead atoms. The third-order valence-electron chi connectivity index (χ3n) is 3.13. The normalized spacial score (nSPS) is 19.6. The first-order valence-corrected chi connectivity index (χ1v) is 6.08. The number of alkyl halides is 3. The summed E-state index contributed by atoms with van der Waals surface area (Å²) in [5.74, 6) is 0. The van der Waals surface area contributed by atoms with Crippen LogP contribution in [0.25, 0.3) is 0 Å². The van der Waals surface area contributed by atoms with Gasteiger partial charge in [0.25, 0.3) is 0 Å². The Balaban J connectivity index is 1.84. The highest BCUT2D eigenvalue weighted by Crippen LogP contribution is 2.29. The molecule has 1 aliphatic carbocycles. The molecule has 1 aromatic rings. The summed E-state index contributed by atoms with van der Waals surface area (Å²) in [6.07, 6.45) is -1.46. The van der Waals surface area contributed by atoms with Gasteiger partial charge in [0.15, 0.2) is 0 Å². The molecule has 1 unspecified atom stereocenters. The van der Waals surface area contributed by atoms with Crippen LogP contribution in [0.15, 0.2) is 24.3 Å². The predicted molar refractivity (Wildman–Crippen MR) is 62.1 cm³/mol. The molecule has 5 heteroatoms. The smallest absolute Gasteiger partial charge is 0.308 e. The van der Waals surface area contributed by atoms with Crippen molar-refractivity contribution in [3.63, 3.8) is 0 Å². The van der Waals surface area contributed by atoms with Crippen molar-refractivity contribution in [2.24, 2.45) is 0 Å². The summed E-state index contributed by atoms with van der Waals surface area (Å²) in [6.45, 7) is -0.138.